The van der Waals surface area contributed by atoms with Gasteiger partial charge >= 0.3 is 0 Å². The summed E-state index contributed by atoms with van der Waals surface area (Å²) in [6.45, 7) is 14.4. The van der Waals surface area contributed by atoms with Crippen molar-refractivity contribution in [3.8, 4) is 0 Å². The van der Waals surface area contributed by atoms with Gasteiger partial charge in [0.05, 0.1) is 5.60 Å². The first-order chi connectivity index (χ1) is 10.2. The van der Waals surface area contributed by atoms with Gasteiger partial charge in [-0.2, -0.15) is 0 Å². The molecule has 0 unspecified atom stereocenters. The zero-order valence-corrected chi connectivity index (χ0v) is 14.5. The minimum atomic E-state index is -0.813. The van der Waals surface area contributed by atoms with E-state index in [0.29, 0.717) is 18.3 Å². The summed E-state index contributed by atoms with van der Waals surface area (Å²) in [5.74, 6) is 0.840. The molecule has 5 atom stereocenters. The van der Waals surface area contributed by atoms with E-state index in [0.717, 1.165) is 32.1 Å². The van der Waals surface area contributed by atoms with E-state index in [1.165, 1.54) is 18.3 Å². The number of aldehydes is 1. The lowest BCUT2D eigenvalue weighted by atomic mass is 9.47. The Balaban J connectivity index is 2.26. The van der Waals surface area contributed by atoms with Crippen molar-refractivity contribution < 1.29 is 9.90 Å². The van der Waals surface area contributed by atoms with Gasteiger partial charge in [0.2, 0.25) is 0 Å². The van der Waals surface area contributed by atoms with Crippen LogP contribution >= 0.6 is 0 Å². The van der Waals surface area contributed by atoms with Crippen molar-refractivity contribution in [3.63, 3.8) is 0 Å². The molecule has 2 aliphatic carbocycles. The summed E-state index contributed by atoms with van der Waals surface area (Å²) in [7, 11) is 0. The lowest BCUT2D eigenvalue weighted by Gasteiger charge is -2.57. The molecule has 0 aromatic rings. The molecule has 0 saturated heterocycles. The van der Waals surface area contributed by atoms with Crippen molar-refractivity contribution >= 4 is 6.29 Å². The third kappa shape index (κ3) is 2.95. The second-order valence-corrected chi connectivity index (χ2v) is 8.39. The van der Waals surface area contributed by atoms with Crippen LogP contribution in [0.4, 0.5) is 0 Å². The largest absolute Gasteiger partial charge is 0.386 e. The molecule has 2 heteroatoms. The van der Waals surface area contributed by atoms with Crippen LogP contribution in [0.3, 0.4) is 0 Å². The van der Waals surface area contributed by atoms with Crippen LogP contribution in [0.2, 0.25) is 0 Å². The predicted octanol–water partition coefficient (Wildman–Crippen LogP) is 4.68. The topological polar surface area (TPSA) is 37.3 Å². The molecular formula is C20H32O2. The van der Waals surface area contributed by atoms with Gasteiger partial charge in [0.15, 0.2) is 0 Å². The van der Waals surface area contributed by atoms with E-state index in [-0.39, 0.29) is 10.8 Å². The van der Waals surface area contributed by atoms with Crippen molar-refractivity contribution in [2.75, 3.05) is 0 Å². The summed E-state index contributed by atoms with van der Waals surface area (Å²) in [6, 6.07) is 0. The predicted molar refractivity (Wildman–Crippen MR) is 91.5 cm³/mol. The minimum Gasteiger partial charge on any atom is -0.386 e. The summed E-state index contributed by atoms with van der Waals surface area (Å²) < 4.78 is 0. The summed E-state index contributed by atoms with van der Waals surface area (Å²) >= 11 is 0. The Bertz CT molecular complexity index is 464. The average molecular weight is 304 g/mol. The van der Waals surface area contributed by atoms with Crippen LogP contribution in [-0.4, -0.2) is 17.0 Å². The van der Waals surface area contributed by atoms with Crippen molar-refractivity contribution in [2.24, 2.45) is 22.7 Å². The highest BCUT2D eigenvalue weighted by molar-refractivity contribution is 5.60. The third-order valence-electron chi connectivity index (χ3n) is 6.71. The van der Waals surface area contributed by atoms with Crippen molar-refractivity contribution in [1.82, 2.24) is 0 Å². The van der Waals surface area contributed by atoms with E-state index < -0.39 is 5.60 Å². The van der Waals surface area contributed by atoms with E-state index in [1.54, 1.807) is 6.08 Å². The Labute approximate surface area is 135 Å². The average Bonchev–Trinajstić information content (AvgIpc) is 2.46. The van der Waals surface area contributed by atoms with Crippen LogP contribution in [0.25, 0.3) is 0 Å². The first-order valence-corrected chi connectivity index (χ1v) is 8.68. The second kappa shape index (κ2) is 5.96. The first-order valence-electron chi connectivity index (χ1n) is 8.68. The monoisotopic (exact) mass is 304 g/mol. The molecule has 0 aliphatic heterocycles. The highest BCUT2D eigenvalue weighted by Crippen LogP contribution is 2.61. The highest BCUT2D eigenvalue weighted by Gasteiger charge is 2.54. The third-order valence-corrected chi connectivity index (χ3v) is 6.71. The van der Waals surface area contributed by atoms with E-state index in [9.17, 15) is 9.90 Å². The van der Waals surface area contributed by atoms with Crippen LogP contribution in [0.5, 0.6) is 0 Å². The molecule has 0 bridgehead atoms. The maximum absolute atomic E-state index is 11.8. The molecule has 22 heavy (non-hydrogen) atoms. The van der Waals surface area contributed by atoms with Gasteiger partial charge in [-0.05, 0) is 62.7 Å². The summed E-state index contributed by atoms with van der Waals surface area (Å²) in [5, 5.41) is 10.3. The van der Waals surface area contributed by atoms with Crippen LogP contribution in [0.15, 0.2) is 24.8 Å². The first kappa shape index (κ1) is 17.5. The molecular weight excluding hydrogens is 272 g/mol. The summed E-state index contributed by atoms with van der Waals surface area (Å²) in [4.78, 5) is 11.8. The maximum atomic E-state index is 11.8. The Morgan fingerprint density at radius 2 is 2.09 bits per heavy atom. The fourth-order valence-corrected chi connectivity index (χ4v) is 5.21. The number of rotatable bonds is 5. The molecule has 1 N–H and O–H groups in total. The Morgan fingerprint density at radius 1 is 1.41 bits per heavy atom. The van der Waals surface area contributed by atoms with Gasteiger partial charge in [0.1, 0.15) is 6.29 Å². The number of carbonyl (C=O) groups excluding carboxylic acids is 1. The van der Waals surface area contributed by atoms with E-state index in [2.05, 4.69) is 27.0 Å². The molecule has 0 heterocycles. The van der Waals surface area contributed by atoms with Crippen molar-refractivity contribution in [3.05, 3.63) is 24.8 Å². The van der Waals surface area contributed by atoms with Gasteiger partial charge in [-0.1, -0.05) is 38.5 Å². The van der Waals surface area contributed by atoms with Gasteiger partial charge in [0.25, 0.3) is 0 Å². The quantitative estimate of drug-likeness (QED) is 0.591. The molecule has 2 aliphatic rings. The maximum Gasteiger partial charge on any atom is 0.126 e. The molecule has 0 aromatic heterocycles. The van der Waals surface area contributed by atoms with Gasteiger partial charge < -0.3 is 9.90 Å². The minimum absolute atomic E-state index is 0.139. The van der Waals surface area contributed by atoms with Gasteiger partial charge in [-0.15, -0.1) is 6.58 Å². The number of hydrogen-bond acceptors (Lipinski definition) is 2. The molecule has 2 fully saturated rings. The molecule has 0 aromatic carbocycles. The highest BCUT2D eigenvalue weighted by atomic mass is 16.3. The van der Waals surface area contributed by atoms with Gasteiger partial charge in [-0.3, -0.25) is 0 Å². The molecule has 2 nitrogen and oxygen atoms in total. The Hall–Kier alpha value is -0.890. The smallest absolute Gasteiger partial charge is 0.126 e. The second-order valence-electron chi connectivity index (χ2n) is 8.39. The van der Waals surface area contributed by atoms with E-state index in [4.69, 9.17) is 0 Å². The van der Waals surface area contributed by atoms with Gasteiger partial charge in [-0.25, -0.2) is 0 Å². The number of aliphatic hydroxyl groups is 1. The fourth-order valence-electron chi connectivity index (χ4n) is 5.21. The standard InChI is InChI=1S/C20H32O2/c1-6-19(4,22)13-10-16-15(2)8-9-17-18(3,14-21)11-7-12-20(16,17)5/h6,14,16-17,22H,1-2,7-13H2,3-5H3/t16-,17-,18-,19-,20+/m0/s1. The normalized spacial score (nSPS) is 41.4. The lowest BCUT2D eigenvalue weighted by molar-refractivity contribution is -0.130. The van der Waals surface area contributed by atoms with Crippen LogP contribution in [0, 0.1) is 22.7 Å². The van der Waals surface area contributed by atoms with Crippen molar-refractivity contribution in [1.29, 1.82) is 0 Å². The number of allylic oxidation sites excluding steroid dienone is 1. The van der Waals surface area contributed by atoms with Crippen LogP contribution in [0.1, 0.15) is 65.7 Å². The SMILES string of the molecule is C=C[C@](C)(O)CC[C@H]1C(=C)CC[C@@H]2[C@]1(C)CCC[C@@]2(C)C=O. The van der Waals surface area contributed by atoms with E-state index in [1.807, 2.05) is 6.92 Å². The molecule has 124 valence electrons. The Morgan fingerprint density at radius 3 is 2.68 bits per heavy atom. The molecule has 0 amide bonds. The van der Waals surface area contributed by atoms with Crippen LogP contribution in [-0.2, 0) is 4.79 Å². The molecule has 0 radical (unpaired) electrons. The Kier molecular flexibility index (Phi) is 4.73. The van der Waals surface area contributed by atoms with Crippen LogP contribution < -0.4 is 0 Å². The lowest BCUT2D eigenvalue weighted by Crippen LogP contribution is -2.51. The summed E-state index contributed by atoms with van der Waals surface area (Å²) in [6.07, 6.45) is 9.88. The number of hydrogen-bond donors (Lipinski definition) is 1. The fraction of sp³-hybridized carbons (Fsp3) is 0.750. The number of fused-ring (bicyclic) bond motifs is 1. The summed E-state index contributed by atoms with van der Waals surface area (Å²) in [5.41, 5.74) is 0.452. The van der Waals surface area contributed by atoms with Gasteiger partial charge in [0, 0.05) is 5.41 Å². The number of carbonyl (C=O) groups is 1. The zero-order chi connectivity index (χ0) is 16.6. The zero-order valence-electron chi connectivity index (χ0n) is 14.5. The molecule has 2 rings (SSSR count). The van der Waals surface area contributed by atoms with Crippen molar-refractivity contribution in [2.45, 2.75) is 71.3 Å². The molecule has 2 saturated carbocycles. The molecule has 0 spiro atoms. The van der Waals surface area contributed by atoms with E-state index >= 15 is 0 Å².